The van der Waals surface area contributed by atoms with Gasteiger partial charge >= 0.3 is 5.97 Å². The molecule has 0 heterocycles. The van der Waals surface area contributed by atoms with E-state index in [0.29, 0.717) is 0 Å². The number of nitro benzene ring substituents is 1. The molecule has 0 aliphatic rings. The molecule has 0 saturated heterocycles. The lowest BCUT2D eigenvalue weighted by atomic mass is 10.1. The van der Waals surface area contributed by atoms with Gasteiger partial charge in [0.25, 0.3) is 5.69 Å². The molecule has 18 heavy (non-hydrogen) atoms. The largest absolute Gasteiger partial charge is 0.465 e. The molecule has 0 unspecified atom stereocenters. The molecular formula is C12H12N2O4. The molecule has 0 amide bonds. The van der Waals surface area contributed by atoms with Crippen molar-refractivity contribution in [2.45, 2.75) is 0 Å². The van der Waals surface area contributed by atoms with Crippen LogP contribution in [0.15, 0.2) is 18.2 Å². The van der Waals surface area contributed by atoms with Crippen LogP contribution in [-0.4, -0.2) is 37.0 Å². The van der Waals surface area contributed by atoms with E-state index in [4.69, 9.17) is 0 Å². The van der Waals surface area contributed by atoms with Crippen molar-refractivity contribution >= 4 is 11.7 Å². The van der Waals surface area contributed by atoms with Gasteiger partial charge in [-0.2, -0.15) is 0 Å². The highest BCUT2D eigenvalue weighted by Crippen LogP contribution is 2.21. The molecule has 0 saturated carbocycles. The third-order valence-corrected chi connectivity index (χ3v) is 2.05. The van der Waals surface area contributed by atoms with Gasteiger partial charge in [-0.05, 0) is 12.0 Å². The molecule has 94 valence electrons. The van der Waals surface area contributed by atoms with E-state index in [2.05, 4.69) is 16.7 Å². The van der Waals surface area contributed by atoms with Gasteiger partial charge < -0.3 is 9.64 Å². The molecule has 0 N–H and O–H groups in total. The fourth-order valence-corrected chi connectivity index (χ4v) is 1.27. The average molecular weight is 248 g/mol. The van der Waals surface area contributed by atoms with Crippen LogP contribution in [0.25, 0.3) is 0 Å². The summed E-state index contributed by atoms with van der Waals surface area (Å²) < 4.78 is 4.58. The van der Waals surface area contributed by atoms with Crippen molar-refractivity contribution in [2.24, 2.45) is 0 Å². The Morgan fingerprint density at radius 1 is 1.44 bits per heavy atom. The van der Waals surface area contributed by atoms with Gasteiger partial charge in [-0.1, -0.05) is 6.07 Å². The first-order valence-electron chi connectivity index (χ1n) is 5.02. The lowest BCUT2D eigenvalue weighted by Crippen LogP contribution is -2.07. The van der Waals surface area contributed by atoms with Crippen LogP contribution in [0.4, 0.5) is 5.69 Å². The Labute approximate surface area is 104 Å². The standard InChI is InChI=1S/C12H12N2O4/c1-13(2)8-7-9-10(12(15)18-3)5-4-6-11(9)14(16)17/h4-6H,1-3H3. The monoisotopic (exact) mass is 248 g/mol. The topological polar surface area (TPSA) is 72.7 Å². The van der Waals surface area contributed by atoms with Crippen molar-refractivity contribution in [3.8, 4) is 12.0 Å². The molecule has 6 nitrogen and oxygen atoms in total. The Balaban J connectivity index is 3.45. The quantitative estimate of drug-likeness (QED) is 0.259. The number of carbonyl (C=O) groups is 1. The normalized spacial score (nSPS) is 9.06. The summed E-state index contributed by atoms with van der Waals surface area (Å²) in [6, 6.07) is 6.81. The zero-order chi connectivity index (χ0) is 13.7. The Kier molecular flexibility index (Phi) is 4.27. The van der Waals surface area contributed by atoms with E-state index in [1.165, 1.54) is 30.2 Å². The van der Waals surface area contributed by atoms with Gasteiger partial charge in [0, 0.05) is 26.2 Å². The van der Waals surface area contributed by atoms with Crippen LogP contribution in [0.3, 0.4) is 0 Å². The number of esters is 1. The van der Waals surface area contributed by atoms with Crippen LogP contribution in [0.2, 0.25) is 0 Å². The molecule has 0 aliphatic carbocycles. The van der Waals surface area contributed by atoms with E-state index in [-0.39, 0.29) is 16.8 Å². The zero-order valence-corrected chi connectivity index (χ0v) is 10.3. The number of nitro groups is 1. The molecule has 1 rings (SSSR count). The molecule has 0 bridgehead atoms. The van der Waals surface area contributed by atoms with Crippen LogP contribution in [0.5, 0.6) is 0 Å². The Morgan fingerprint density at radius 3 is 2.61 bits per heavy atom. The van der Waals surface area contributed by atoms with Gasteiger partial charge in [0.05, 0.1) is 17.6 Å². The third-order valence-electron chi connectivity index (χ3n) is 2.05. The second-order valence-corrected chi connectivity index (χ2v) is 3.58. The van der Waals surface area contributed by atoms with Crippen molar-refractivity contribution in [1.29, 1.82) is 0 Å². The van der Waals surface area contributed by atoms with Crippen molar-refractivity contribution in [2.75, 3.05) is 21.2 Å². The number of benzene rings is 1. The Morgan fingerprint density at radius 2 is 2.11 bits per heavy atom. The predicted octanol–water partition coefficient (Wildman–Crippen LogP) is 1.25. The maximum atomic E-state index is 11.5. The Hall–Kier alpha value is -2.55. The highest BCUT2D eigenvalue weighted by molar-refractivity contribution is 5.93. The minimum atomic E-state index is -0.651. The number of hydrogen-bond donors (Lipinski definition) is 0. The van der Waals surface area contributed by atoms with Crippen LogP contribution in [0.1, 0.15) is 15.9 Å². The number of hydrogen-bond acceptors (Lipinski definition) is 5. The molecule has 0 spiro atoms. The first-order chi connectivity index (χ1) is 8.47. The molecule has 0 radical (unpaired) electrons. The number of ether oxygens (including phenoxy) is 1. The van der Waals surface area contributed by atoms with Crippen LogP contribution in [-0.2, 0) is 4.74 Å². The van der Waals surface area contributed by atoms with Crippen molar-refractivity contribution < 1.29 is 14.5 Å². The molecule has 0 fully saturated rings. The van der Waals surface area contributed by atoms with Gasteiger partial charge in [0.2, 0.25) is 0 Å². The van der Waals surface area contributed by atoms with E-state index in [1.807, 2.05) is 0 Å². The summed E-state index contributed by atoms with van der Waals surface area (Å²) in [6.07, 6.45) is 0. The summed E-state index contributed by atoms with van der Waals surface area (Å²) in [5, 5.41) is 10.9. The number of carbonyl (C=O) groups excluding carboxylic acids is 1. The van der Waals surface area contributed by atoms with Crippen molar-refractivity contribution in [1.82, 2.24) is 4.90 Å². The molecular weight excluding hydrogens is 236 g/mol. The van der Waals surface area contributed by atoms with E-state index < -0.39 is 10.9 Å². The maximum Gasteiger partial charge on any atom is 0.339 e. The van der Waals surface area contributed by atoms with Crippen LogP contribution in [0, 0.1) is 22.1 Å². The fraction of sp³-hybridized carbons (Fsp3) is 0.250. The van der Waals surface area contributed by atoms with Gasteiger partial charge in [0.15, 0.2) is 0 Å². The smallest absolute Gasteiger partial charge is 0.339 e. The Bertz CT molecular complexity index is 541. The van der Waals surface area contributed by atoms with E-state index in [0.717, 1.165) is 0 Å². The van der Waals surface area contributed by atoms with E-state index in [1.54, 1.807) is 14.1 Å². The third kappa shape index (κ3) is 2.98. The van der Waals surface area contributed by atoms with Crippen molar-refractivity contribution in [3.05, 3.63) is 39.4 Å². The first kappa shape index (κ1) is 13.5. The molecule has 0 atom stereocenters. The maximum absolute atomic E-state index is 11.5. The molecule has 1 aromatic carbocycles. The van der Waals surface area contributed by atoms with Gasteiger partial charge in [-0.15, -0.1) is 0 Å². The van der Waals surface area contributed by atoms with Crippen LogP contribution >= 0.6 is 0 Å². The minimum Gasteiger partial charge on any atom is -0.465 e. The number of nitrogens with zero attached hydrogens (tertiary/aromatic N) is 2. The second-order valence-electron chi connectivity index (χ2n) is 3.58. The lowest BCUT2D eigenvalue weighted by molar-refractivity contribution is -0.385. The molecule has 1 aromatic rings. The van der Waals surface area contributed by atoms with E-state index >= 15 is 0 Å². The summed E-state index contributed by atoms with van der Waals surface area (Å²) in [4.78, 5) is 23.4. The van der Waals surface area contributed by atoms with Gasteiger partial charge in [-0.3, -0.25) is 10.1 Å². The summed E-state index contributed by atoms with van der Waals surface area (Å²) in [5.41, 5.74) is -0.0728. The van der Waals surface area contributed by atoms with Crippen LogP contribution < -0.4 is 0 Å². The fourth-order valence-electron chi connectivity index (χ4n) is 1.27. The molecule has 6 heteroatoms. The molecule has 0 aromatic heterocycles. The van der Waals surface area contributed by atoms with E-state index in [9.17, 15) is 14.9 Å². The lowest BCUT2D eigenvalue weighted by Gasteiger charge is -2.04. The number of methoxy groups -OCH3 is 1. The van der Waals surface area contributed by atoms with Gasteiger partial charge in [-0.25, -0.2) is 4.79 Å². The highest BCUT2D eigenvalue weighted by atomic mass is 16.6. The SMILES string of the molecule is COC(=O)c1cccc([N+](=O)[O-])c1C#CN(C)C. The summed E-state index contributed by atoms with van der Waals surface area (Å²) in [5.74, 6) is 1.96. The summed E-state index contributed by atoms with van der Waals surface area (Å²) >= 11 is 0. The zero-order valence-electron chi connectivity index (χ0n) is 10.3. The van der Waals surface area contributed by atoms with Gasteiger partial charge in [0.1, 0.15) is 5.56 Å². The summed E-state index contributed by atoms with van der Waals surface area (Å²) in [7, 11) is 4.60. The molecule has 0 aliphatic heterocycles. The summed E-state index contributed by atoms with van der Waals surface area (Å²) in [6.45, 7) is 0. The average Bonchev–Trinajstić information content (AvgIpc) is 2.34. The predicted molar refractivity (Wildman–Crippen MR) is 65.0 cm³/mol. The number of rotatable bonds is 2. The second kappa shape index (κ2) is 5.68. The van der Waals surface area contributed by atoms with Crippen molar-refractivity contribution in [3.63, 3.8) is 0 Å². The minimum absolute atomic E-state index is 0.0584. The first-order valence-corrected chi connectivity index (χ1v) is 5.02. The highest BCUT2D eigenvalue weighted by Gasteiger charge is 2.20.